The summed E-state index contributed by atoms with van der Waals surface area (Å²) < 4.78 is 10.6. The topological polar surface area (TPSA) is 21.8 Å². The van der Waals surface area contributed by atoms with Gasteiger partial charge in [0.05, 0.1) is 25.1 Å². The van der Waals surface area contributed by atoms with Crippen molar-refractivity contribution in [2.75, 3.05) is 6.61 Å². The lowest BCUT2D eigenvalue weighted by Gasteiger charge is -2.17. The van der Waals surface area contributed by atoms with E-state index in [2.05, 4.69) is 6.58 Å². The summed E-state index contributed by atoms with van der Waals surface area (Å²) in [5.74, 6) is 0.827. The SMILES string of the molecule is C=COCCC1CCC2OC2C1. The van der Waals surface area contributed by atoms with Crippen molar-refractivity contribution in [2.45, 2.75) is 37.9 Å². The van der Waals surface area contributed by atoms with Crippen LogP contribution >= 0.6 is 0 Å². The van der Waals surface area contributed by atoms with Crippen molar-refractivity contribution in [1.29, 1.82) is 0 Å². The van der Waals surface area contributed by atoms with E-state index in [0.717, 1.165) is 12.5 Å². The van der Waals surface area contributed by atoms with Crippen molar-refractivity contribution in [3.05, 3.63) is 12.8 Å². The molecule has 1 saturated heterocycles. The minimum atomic E-state index is 0.604. The van der Waals surface area contributed by atoms with Gasteiger partial charge in [-0.1, -0.05) is 6.58 Å². The Morgan fingerprint density at radius 2 is 2.33 bits per heavy atom. The normalized spacial score (nSPS) is 38.5. The molecule has 1 aliphatic heterocycles. The number of rotatable bonds is 4. The molecule has 2 fully saturated rings. The first-order valence-corrected chi connectivity index (χ1v) is 4.78. The van der Waals surface area contributed by atoms with Crippen LogP contribution < -0.4 is 0 Å². The van der Waals surface area contributed by atoms with Crippen molar-refractivity contribution in [3.63, 3.8) is 0 Å². The van der Waals surface area contributed by atoms with E-state index in [0.29, 0.717) is 12.2 Å². The Morgan fingerprint density at radius 3 is 3.08 bits per heavy atom. The molecular formula is C10H16O2. The predicted octanol–water partition coefficient (Wildman–Crippen LogP) is 2.10. The van der Waals surface area contributed by atoms with E-state index in [4.69, 9.17) is 9.47 Å². The molecular weight excluding hydrogens is 152 g/mol. The summed E-state index contributed by atoms with van der Waals surface area (Å²) in [6.07, 6.45) is 7.77. The molecule has 0 aromatic rings. The van der Waals surface area contributed by atoms with Gasteiger partial charge in [0.1, 0.15) is 0 Å². The van der Waals surface area contributed by atoms with E-state index in [1.54, 1.807) is 0 Å². The summed E-state index contributed by atoms with van der Waals surface area (Å²) in [4.78, 5) is 0. The van der Waals surface area contributed by atoms with Gasteiger partial charge in [0.2, 0.25) is 0 Å². The van der Waals surface area contributed by atoms with Crippen LogP contribution in [-0.4, -0.2) is 18.8 Å². The second-order valence-corrected chi connectivity index (χ2v) is 3.72. The Balaban J connectivity index is 1.63. The summed E-state index contributed by atoms with van der Waals surface area (Å²) in [7, 11) is 0. The lowest BCUT2D eigenvalue weighted by molar-refractivity contribution is 0.208. The smallest absolute Gasteiger partial charge is 0.0875 e. The van der Waals surface area contributed by atoms with Crippen LogP contribution in [0.2, 0.25) is 0 Å². The van der Waals surface area contributed by atoms with Crippen molar-refractivity contribution in [1.82, 2.24) is 0 Å². The maximum absolute atomic E-state index is 5.45. The quantitative estimate of drug-likeness (QED) is 0.364. The highest BCUT2D eigenvalue weighted by molar-refractivity contribution is 4.91. The van der Waals surface area contributed by atoms with Crippen LogP contribution in [0.5, 0.6) is 0 Å². The molecule has 0 bridgehead atoms. The Bertz CT molecular complexity index is 167. The molecule has 3 unspecified atom stereocenters. The first-order valence-electron chi connectivity index (χ1n) is 4.78. The van der Waals surface area contributed by atoms with E-state index >= 15 is 0 Å². The van der Waals surface area contributed by atoms with E-state index < -0.39 is 0 Å². The average molecular weight is 168 g/mol. The van der Waals surface area contributed by atoms with Gasteiger partial charge in [0, 0.05) is 0 Å². The molecule has 2 heteroatoms. The zero-order chi connectivity index (χ0) is 8.39. The van der Waals surface area contributed by atoms with Crippen LogP contribution in [-0.2, 0) is 9.47 Å². The van der Waals surface area contributed by atoms with Crippen LogP contribution in [0.3, 0.4) is 0 Å². The monoisotopic (exact) mass is 168 g/mol. The van der Waals surface area contributed by atoms with Crippen molar-refractivity contribution in [3.8, 4) is 0 Å². The second kappa shape index (κ2) is 3.48. The van der Waals surface area contributed by atoms with Gasteiger partial charge in [0.25, 0.3) is 0 Å². The molecule has 1 saturated carbocycles. The third-order valence-corrected chi connectivity index (χ3v) is 2.87. The highest BCUT2D eigenvalue weighted by Crippen LogP contribution is 2.40. The molecule has 0 N–H and O–H groups in total. The van der Waals surface area contributed by atoms with E-state index in [1.165, 1.54) is 31.9 Å². The van der Waals surface area contributed by atoms with Gasteiger partial charge in [-0.05, 0) is 31.6 Å². The average Bonchev–Trinajstić information content (AvgIpc) is 2.83. The first kappa shape index (κ1) is 8.11. The molecule has 12 heavy (non-hydrogen) atoms. The molecule has 1 heterocycles. The van der Waals surface area contributed by atoms with E-state index in [9.17, 15) is 0 Å². The Kier molecular flexibility index (Phi) is 2.35. The lowest BCUT2D eigenvalue weighted by atomic mass is 9.87. The van der Waals surface area contributed by atoms with Gasteiger partial charge in [-0.3, -0.25) is 0 Å². The zero-order valence-corrected chi connectivity index (χ0v) is 7.37. The highest BCUT2D eigenvalue weighted by atomic mass is 16.6. The summed E-state index contributed by atoms with van der Waals surface area (Å²) >= 11 is 0. The number of epoxide rings is 1. The minimum Gasteiger partial charge on any atom is -0.502 e. The Morgan fingerprint density at radius 1 is 1.42 bits per heavy atom. The van der Waals surface area contributed by atoms with Gasteiger partial charge in [-0.25, -0.2) is 0 Å². The molecule has 2 rings (SSSR count). The van der Waals surface area contributed by atoms with Crippen LogP contribution in [0.4, 0.5) is 0 Å². The number of hydrogen-bond acceptors (Lipinski definition) is 2. The maximum atomic E-state index is 5.45. The summed E-state index contributed by atoms with van der Waals surface area (Å²) in [5.41, 5.74) is 0. The van der Waals surface area contributed by atoms with Crippen LogP contribution in [0, 0.1) is 5.92 Å². The summed E-state index contributed by atoms with van der Waals surface area (Å²) in [6, 6.07) is 0. The van der Waals surface area contributed by atoms with Crippen molar-refractivity contribution < 1.29 is 9.47 Å². The molecule has 3 atom stereocenters. The second-order valence-electron chi connectivity index (χ2n) is 3.72. The molecule has 2 aliphatic rings. The highest BCUT2D eigenvalue weighted by Gasteiger charge is 2.43. The van der Waals surface area contributed by atoms with Crippen molar-refractivity contribution in [2.24, 2.45) is 5.92 Å². The molecule has 68 valence electrons. The molecule has 0 aromatic carbocycles. The molecule has 0 spiro atoms. The molecule has 1 aliphatic carbocycles. The number of hydrogen-bond donors (Lipinski definition) is 0. The van der Waals surface area contributed by atoms with Gasteiger partial charge in [-0.2, -0.15) is 0 Å². The fraction of sp³-hybridized carbons (Fsp3) is 0.800. The van der Waals surface area contributed by atoms with E-state index in [-0.39, 0.29) is 0 Å². The number of ether oxygens (including phenoxy) is 2. The van der Waals surface area contributed by atoms with Crippen LogP contribution in [0.25, 0.3) is 0 Å². The third kappa shape index (κ3) is 1.81. The zero-order valence-electron chi connectivity index (χ0n) is 7.37. The fourth-order valence-electron chi connectivity index (χ4n) is 2.07. The Hall–Kier alpha value is -0.500. The van der Waals surface area contributed by atoms with Gasteiger partial charge < -0.3 is 9.47 Å². The minimum absolute atomic E-state index is 0.604. The molecule has 2 nitrogen and oxygen atoms in total. The summed E-state index contributed by atoms with van der Waals surface area (Å²) in [6.45, 7) is 4.34. The molecule has 0 radical (unpaired) electrons. The maximum Gasteiger partial charge on any atom is 0.0875 e. The standard InChI is InChI=1S/C10H16O2/c1-2-11-6-5-8-3-4-9-10(7-8)12-9/h2,8-10H,1,3-7H2. The fourth-order valence-corrected chi connectivity index (χ4v) is 2.07. The largest absolute Gasteiger partial charge is 0.502 e. The van der Waals surface area contributed by atoms with Gasteiger partial charge >= 0.3 is 0 Å². The van der Waals surface area contributed by atoms with Crippen LogP contribution in [0.15, 0.2) is 12.8 Å². The Labute approximate surface area is 73.5 Å². The van der Waals surface area contributed by atoms with E-state index in [1.807, 2.05) is 0 Å². The molecule has 0 amide bonds. The first-order chi connectivity index (χ1) is 5.90. The molecule has 0 aromatic heterocycles. The summed E-state index contributed by atoms with van der Waals surface area (Å²) in [5, 5.41) is 0. The van der Waals surface area contributed by atoms with Gasteiger partial charge in [0.15, 0.2) is 0 Å². The van der Waals surface area contributed by atoms with Crippen LogP contribution in [0.1, 0.15) is 25.7 Å². The lowest BCUT2D eigenvalue weighted by Crippen LogP contribution is -2.14. The third-order valence-electron chi connectivity index (χ3n) is 2.87. The van der Waals surface area contributed by atoms with Crippen molar-refractivity contribution >= 4 is 0 Å². The van der Waals surface area contributed by atoms with Gasteiger partial charge in [-0.15, -0.1) is 0 Å². The predicted molar refractivity (Wildman–Crippen MR) is 46.8 cm³/mol. The number of fused-ring (bicyclic) bond motifs is 1.